The Bertz CT molecular complexity index is 1280. The number of hydrogen-bond acceptors (Lipinski definition) is 5. The number of aromatic amines is 1. The zero-order chi connectivity index (χ0) is 19.6. The molecule has 0 aliphatic heterocycles. The van der Waals surface area contributed by atoms with E-state index in [2.05, 4.69) is 25.5 Å². The predicted octanol–water partition coefficient (Wildman–Crippen LogP) is 4.53. The van der Waals surface area contributed by atoms with Crippen molar-refractivity contribution >= 4 is 22.5 Å². The van der Waals surface area contributed by atoms with E-state index in [4.69, 9.17) is 4.42 Å². The lowest BCUT2D eigenvalue weighted by atomic mass is 10.0. The predicted molar refractivity (Wildman–Crippen MR) is 109 cm³/mol. The molecule has 140 valence electrons. The van der Waals surface area contributed by atoms with Gasteiger partial charge in [0.2, 0.25) is 0 Å². The van der Waals surface area contributed by atoms with Crippen LogP contribution in [0.5, 0.6) is 0 Å². The van der Waals surface area contributed by atoms with E-state index in [1.807, 2.05) is 24.3 Å². The van der Waals surface area contributed by atoms with Crippen molar-refractivity contribution in [1.82, 2.24) is 20.2 Å². The molecule has 0 fully saturated rings. The second-order valence-corrected chi connectivity index (χ2v) is 6.45. The number of H-pyrrole nitrogens is 1. The number of amides is 1. The summed E-state index contributed by atoms with van der Waals surface area (Å²) in [4.78, 5) is 21.9. The molecule has 4 heterocycles. The Morgan fingerprint density at radius 1 is 1.03 bits per heavy atom. The fourth-order valence-corrected chi connectivity index (χ4v) is 3.19. The fraction of sp³-hybridized carbons (Fsp3) is 0. The van der Waals surface area contributed by atoms with E-state index >= 15 is 0 Å². The van der Waals surface area contributed by atoms with Gasteiger partial charge in [-0.25, -0.2) is 4.98 Å². The van der Waals surface area contributed by atoms with Crippen molar-refractivity contribution in [2.45, 2.75) is 0 Å². The standard InChI is InChI=1S/C22H15N5O2/c28-22(26-16-3-1-7-23-13-16)18-10-20(21-4-2-8-29-21)27-19-6-5-14(9-17(18)19)15-11-24-25-12-15/h1-13H,(H,24,25)(H,26,28). The molecule has 0 aliphatic rings. The summed E-state index contributed by atoms with van der Waals surface area (Å²) in [6, 6.07) is 14.7. The maximum Gasteiger partial charge on any atom is 0.256 e. The van der Waals surface area contributed by atoms with Gasteiger partial charge >= 0.3 is 0 Å². The number of rotatable bonds is 4. The van der Waals surface area contributed by atoms with Gasteiger partial charge in [0.15, 0.2) is 5.76 Å². The average Bonchev–Trinajstić information content (AvgIpc) is 3.47. The maximum absolute atomic E-state index is 13.1. The number of hydrogen-bond donors (Lipinski definition) is 2. The number of anilines is 1. The van der Waals surface area contributed by atoms with Crippen LogP contribution in [0.15, 0.2) is 84.0 Å². The lowest BCUT2D eigenvalue weighted by Crippen LogP contribution is -2.13. The zero-order valence-corrected chi connectivity index (χ0v) is 15.2. The lowest BCUT2D eigenvalue weighted by molar-refractivity contribution is 0.102. The molecule has 0 saturated heterocycles. The molecule has 5 aromatic rings. The molecule has 0 radical (unpaired) electrons. The van der Waals surface area contributed by atoms with Gasteiger partial charge in [0.1, 0.15) is 5.69 Å². The van der Waals surface area contributed by atoms with Gasteiger partial charge in [-0.2, -0.15) is 5.10 Å². The average molecular weight is 381 g/mol. The molecule has 2 N–H and O–H groups in total. The molecule has 7 nitrogen and oxygen atoms in total. The Balaban J connectivity index is 1.67. The van der Waals surface area contributed by atoms with E-state index < -0.39 is 0 Å². The van der Waals surface area contributed by atoms with Crippen LogP contribution < -0.4 is 5.32 Å². The van der Waals surface area contributed by atoms with Crippen molar-refractivity contribution in [2.75, 3.05) is 5.32 Å². The molecule has 0 unspecified atom stereocenters. The van der Waals surface area contributed by atoms with E-state index in [9.17, 15) is 4.79 Å². The van der Waals surface area contributed by atoms with Gasteiger partial charge in [-0.3, -0.25) is 14.9 Å². The Morgan fingerprint density at radius 3 is 2.76 bits per heavy atom. The molecule has 4 aromatic heterocycles. The van der Waals surface area contributed by atoms with Crippen LogP contribution in [0, 0.1) is 0 Å². The first-order chi connectivity index (χ1) is 14.3. The summed E-state index contributed by atoms with van der Waals surface area (Å²) in [6.45, 7) is 0. The first kappa shape index (κ1) is 16.9. The number of nitrogens with one attached hydrogen (secondary N) is 2. The first-order valence-electron chi connectivity index (χ1n) is 8.97. The number of aromatic nitrogens is 4. The highest BCUT2D eigenvalue weighted by molar-refractivity contribution is 6.13. The number of carbonyl (C=O) groups excluding carboxylic acids is 1. The van der Waals surface area contributed by atoms with Crippen molar-refractivity contribution in [3.05, 3.63) is 85.1 Å². The normalized spacial score (nSPS) is 10.9. The SMILES string of the molecule is O=C(Nc1cccnc1)c1cc(-c2ccco2)nc2ccc(-c3cn[nH]c3)cc12. The van der Waals surface area contributed by atoms with E-state index in [0.29, 0.717) is 28.2 Å². The molecule has 0 bridgehead atoms. The van der Waals surface area contributed by atoms with Crippen molar-refractivity contribution < 1.29 is 9.21 Å². The lowest BCUT2D eigenvalue weighted by Gasteiger charge is -2.11. The smallest absolute Gasteiger partial charge is 0.256 e. The molecule has 0 saturated carbocycles. The highest BCUT2D eigenvalue weighted by Crippen LogP contribution is 2.29. The van der Waals surface area contributed by atoms with Gasteiger partial charge in [-0.1, -0.05) is 6.07 Å². The van der Waals surface area contributed by atoms with Gasteiger partial charge in [0.25, 0.3) is 5.91 Å². The van der Waals surface area contributed by atoms with Crippen molar-refractivity contribution in [3.8, 4) is 22.6 Å². The minimum atomic E-state index is -0.248. The summed E-state index contributed by atoms with van der Waals surface area (Å²) in [7, 11) is 0. The van der Waals surface area contributed by atoms with Crippen LogP contribution in [0.4, 0.5) is 5.69 Å². The van der Waals surface area contributed by atoms with Crippen LogP contribution in [0.3, 0.4) is 0 Å². The van der Waals surface area contributed by atoms with E-state index in [0.717, 1.165) is 16.5 Å². The first-order valence-corrected chi connectivity index (χ1v) is 8.97. The zero-order valence-electron chi connectivity index (χ0n) is 15.2. The second kappa shape index (κ2) is 7.05. The monoisotopic (exact) mass is 381 g/mol. The summed E-state index contributed by atoms with van der Waals surface area (Å²) >= 11 is 0. The number of nitrogens with zero attached hydrogens (tertiary/aromatic N) is 3. The summed E-state index contributed by atoms with van der Waals surface area (Å²) < 4.78 is 5.49. The van der Waals surface area contributed by atoms with Gasteiger partial charge in [-0.15, -0.1) is 0 Å². The minimum absolute atomic E-state index is 0.248. The second-order valence-electron chi connectivity index (χ2n) is 6.45. The van der Waals surface area contributed by atoms with Crippen LogP contribution in [0.2, 0.25) is 0 Å². The third-order valence-corrected chi connectivity index (χ3v) is 4.58. The van der Waals surface area contributed by atoms with Crippen molar-refractivity contribution in [2.24, 2.45) is 0 Å². The van der Waals surface area contributed by atoms with Gasteiger partial charge in [-0.05, 0) is 48.0 Å². The maximum atomic E-state index is 13.1. The molecule has 7 heteroatoms. The molecule has 29 heavy (non-hydrogen) atoms. The summed E-state index contributed by atoms with van der Waals surface area (Å²) in [5.41, 5.74) is 4.27. The largest absolute Gasteiger partial charge is 0.463 e. The van der Waals surface area contributed by atoms with E-state index in [1.165, 1.54) is 0 Å². The number of furan rings is 1. The van der Waals surface area contributed by atoms with E-state index in [1.54, 1.807) is 55.3 Å². The Labute approximate surface area is 165 Å². The number of fused-ring (bicyclic) bond motifs is 1. The highest BCUT2D eigenvalue weighted by atomic mass is 16.3. The number of pyridine rings is 2. The van der Waals surface area contributed by atoms with Crippen LogP contribution in [-0.4, -0.2) is 26.1 Å². The molecule has 1 amide bonds. The third kappa shape index (κ3) is 3.25. The number of benzene rings is 1. The van der Waals surface area contributed by atoms with Gasteiger partial charge in [0, 0.05) is 23.3 Å². The molecule has 0 atom stereocenters. The van der Waals surface area contributed by atoms with Gasteiger partial charge < -0.3 is 9.73 Å². The topological polar surface area (TPSA) is 96.7 Å². The Morgan fingerprint density at radius 2 is 2.00 bits per heavy atom. The van der Waals surface area contributed by atoms with Crippen LogP contribution in [0.1, 0.15) is 10.4 Å². The highest BCUT2D eigenvalue weighted by Gasteiger charge is 2.16. The summed E-state index contributed by atoms with van der Waals surface area (Å²) in [5.74, 6) is 0.351. The van der Waals surface area contributed by atoms with Gasteiger partial charge in [0.05, 0.1) is 35.4 Å². The van der Waals surface area contributed by atoms with Crippen LogP contribution in [-0.2, 0) is 0 Å². The molecule has 5 rings (SSSR count). The molecular weight excluding hydrogens is 366 g/mol. The summed E-state index contributed by atoms with van der Waals surface area (Å²) in [6.07, 6.45) is 8.39. The Kier molecular flexibility index (Phi) is 4.10. The quantitative estimate of drug-likeness (QED) is 0.477. The van der Waals surface area contributed by atoms with Crippen molar-refractivity contribution in [3.63, 3.8) is 0 Å². The fourth-order valence-electron chi connectivity index (χ4n) is 3.19. The van der Waals surface area contributed by atoms with Crippen LogP contribution >= 0.6 is 0 Å². The molecule has 0 spiro atoms. The van der Waals surface area contributed by atoms with E-state index in [-0.39, 0.29) is 5.91 Å². The van der Waals surface area contributed by atoms with Crippen molar-refractivity contribution in [1.29, 1.82) is 0 Å². The Hall–Kier alpha value is -4.26. The molecular formula is C22H15N5O2. The number of carbonyl (C=O) groups is 1. The molecule has 1 aromatic carbocycles. The van der Waals surface area contributed by atoms with Crippen LogP contribution in [0.25, 0.3) is 33.5 Å². The minimum Gasteiger partial charge on any atom is -0.463 e. The third-order valence-electron chi connectivity index (χ3n) is 4.58. The summed E-state index contributed by atoms with van der Waals surface area (Å²) in [5, 5.41) is 10.4. The molecule has 0 aliphatic carbocycles.